The Morgan fingerprint density at radius 2 is 2.06 bits per heavy atom. The maximum Gasteiger partial charge on any atom is 0.251 e. The predicted octanol–water partition coefficient (Wildman–Crippen LogP) is 1.51. The third-order valence-corrected chi connectivity index (χ3v) is 2.21. The molecule has 0 atom stereocenters. The zero-order chi connectivity index (χ0) is 11.5. The molecule has 1 aromatic heterocycles. The molecule has 1 amide bonds. The van der Waals surface area contributed by atoms with Crippen LogP contribution in [0.15, 0.2) is 36.7 Å². The van der Waals surface area contributed by atoms with Crippen molar-refractivity contribution in [2.24, 2.45) is 5.73 Å². The standard InChI is InChI=1S/C10H9ClN4O/c11-8-1-3-9(4-2-8)14-15-6-7(5-13-15)10(12)16/h1-6,14H,(H2,12,16). The summed E-state index contributed by atoms with van der Waals surface area (Å²) in [6.07, 6.45) is 2.90. The number of nitrogens with zero attached hydrogens (tertiary/aromatic N) is 2. The monoisotopic (exact) mass is 236 g/mol. The summed E-state index contributed by atoms with van der Waals surface area (Å²) in [7, 11) is 0. The summed E-state index contributed by atoms with van der Waals surface area (Å²) in [5, 5.41) is 4.58. The van der Waals surface area contributed by atoms with E-state index in [1.807, 2.05) is 0 Å². The number of carbonyl (C=O) groups excluding carboxylic acids is 1. The van der Waals surface area contributed by atoms with Gasteiger partial charge in [-0.15, -0.1) is 0 Å². The Balaban J connectivity index is 2.14. The first-order chi connectivity index (χ1) is 7.65. The van der Waals surface area contributed by atoms with Gasteiger partial charge in [0.1, 0.15) is 0 Å². The van der Waals surface area contributed by atoms with E-state index in [2.05, 4.69) is 10.5 Å². The second-order valence-electron chi connectivity index (χ2n) is 3.16. The Labute approximate surface area is 96.8 Å². The smallest absolute Gasteiger partial charge is 0.251 e. The van der Waals surface area contributed by atoms with E-state index in [1.54, 1.807) is 24.3 Å². The molecule has 0 unspecified atom stereocenters. The lowest BCUT2D eigenvalue weighted by Crippen LogP contribution is -2.11. The molecule has 0 radical (unpaired) electrons. The largest absolute Gasteiger partial charge is 0.365 e. The molecule has 0 aliphatic heterocycles. The summed E-state index contributed by atoms with van der Waals surface area (Å²) < 4.78 is 0. The molecular formula is C10H9ClN4O. The fraction of sp³-hybridized carbons (Fsp3) is 0. The topological polar surface area (TPSA) is 72.9 Å². The second-order valence-corrected chi connectivity index (χ2v) is 3.59. The number of hydrogen-bond donors (Lipinski definition) is 2. The van der Waals surface area contributed by atoms with Crippen LogP contribution in [0.2, 0.25) is 5.02 Å². The van der Waals surface area contributed by atoms with Crippen LogP contribution in [0, 0.1) is 0 Å². The maximum atomic E-state index is 10.8. The lowest BCUT2D eigenvalue weighted by atomic mass is 10.3. The molecule has 0 aliphatic carbocycles. The van der Waals surface area contributed by atoms with Gasteiger partial charge in [0.15, 0.2) is 0 Å². The number of hydrogen-bond acceptors (Lipinski definition) is 3. The van der Waals surface area contributed by atoms with Gasteiger partial charge >= 0.3 is 0 Å². The van der Waals surface area contributed by atoms with Crippen LogP contribution in [0.25, 0.3) is 0 Å². The summed E-state index contributed by atoms with van der Waals surface area (Å²) >= 11 is 5.75. The number of anilines is 1. The summed E-state index contributed by atoms with van der Waals surface area (Å²) in [5.74, 6) is -0.510. The molecule has 2 aromatic rings. The molecule has 1 aromatic carbocycles. The Hall–Kier alpha value is -2.01. The van der Waals surface area contributed by atoms with Gasteiger partial charge in [-0.25, -0.2) is 0 Å². The minimum absolute atomic E-state index is 0.349. The number of aromatic nitrogens is 2. The SMILES string of the molecule is NC(=O)c1cnn(Nc2ccc(Cl)cc2)c1. The first-order valence-electron chi connectivity index (χ1n) is 4.52. The Kier molecular flexibility index (Phi) is 2.78. The van der Waals surface area contributed by atoms with E-state index in [1.165, 1.54) is 17.2 Å². The molecule has 0 bridgehead atoms. The van der Waals surface area contributed by atoms with Crippen molar-refractivity contribution < 1.29 is 4.79 Å². The minimum Gasteiger partial charge on any atom is -0.365 e. The Morgan fingerprint density at radius 1 is 1.38 bits per heavy atom. The molecule has 0 spiro atoms. The van der Waals surface area contributed by atoms with Crippen molar-refractivity contribution in [2.45, 2.75) is 0 Å². The molecule has 82 valence electrons. The molecule has 6 heteroatoms. The highest BCUT2D eigenvalue weighted by atomic mass is 35.5. The van der Waals surface area contributed by atoms with Crippen LogP contribution in [-0.4, -0.2) is 15.8 Å². The summed E-state index contributed by atoms with van der Waals surface area (Å²) in [6, 6.07) is 7.10. The van der Waals surface area contributed by atoms with Crippen LogP contribution in [0.4, 0.5) is 5.69 Å². The summed E-state index contributed by atoms with van der Waals surface area (Å²) in [6.45, 7) is 0. The van der Waals surface area contributed by atoms with Crippen molar-refractivity contribution in [3.8, 4) is 0 Å². The third-order valence-electron chi connectivity index (χ3n) is 1.95. The molecule has 3 N–H and O–H groups in total. The van der Waals surface area contributed by atoms with E-state index in [-0.39, 0.29) is 0 Å². The van der Waals surface area contributed by atoms with Crippen LogP contribution >= 0.6 is 11.6 Å². The maximum absolute atomic E-state index is 10.8. The number of benzene rings is 1. The van der Waals surface area contributed by atoms with Crippen molar-refractivity contribution >= 4 is 23.2 Å². The van der Waals surface area contributed by atoms with Crippen LogP contribution in [-0.2, 0) is 0 Å². The van der Waals surface area contributed by atoms with Crippen molar-refractivity contribution in [1.82, 2.24) is 9.89 Å². The highest BCUT2D eigenvalue weighted by Gasteiger charge is 2.03. The van der Waals surface area contributed by atoms with Gasteiger partial charge in [-0.05, 0) is 24.3 Å². The average Bonchev–Trinajstić information content (AvgIpc) is 2.70. The first-order valence-corrected chi connectivity index (χ1v) is 4.90. The molecule has 0 saturated carbocycles. The van der Waals surface area contributed by atoms with Gasteiger partial charge in [0.2, 0.25) is 0 Å². The minimum atomic E-state index is -0.510. The van der Waals surface area contributed by atoms with Crippen LogP contribution in [0.1, 0.15) is 10.4 Å². The molecule has 16 heavy (non-hydrogen) atoms. The van der Waals surface area contributed by atoms with Crippen molar-refractivity contribution in [3.05, 3.63) is 47.2 Å². The third kappa shape index (κ3) is 2.32. The number of carbonyl (C=O) groups is 1. The highest BCUT2D eigenvalue weighted by Crippen LogP contribution is 2.13. The Morgan fingerprint density at radius 3 is 2.62 bits per heavy atom. The van der Waals surface area contributed by atoms with Crippen molar-refractivity contribution in [1.29, 1.82) is 0 Å². The number of nitrogens with one attached hydrogen (secondary N) is 1. The van der Waals surface area contributed by atoms with Crippen molar-refractivity contribution in [3.63, 3.8) is 0 Å². The molecule has 0 fully saturated rings. The molecule has 1 heterocycles. The number of halogens is 1. The average molecular weight is 237 g/mol. The van der Waals surface area contributed by atoms with E-state index >= 15 is 0 Å². The van der Waals surface area contributed by atoms with E-state index in [4.69, 9.17) is 17.3 Å². The summed E-state index contributed by atoms with van der Waals surface area (Å²) in [4.78, 5) is 12.2. The quantitative estimate of drug-likeness (QED) is 0.849. The number of rotatable bonds is 3. The number of amides is 1. The first kappa shape index (κ1) is 10.5. The van der Waals surface area contributed by atoms with Gasteiger partial charge in [-0.2, -0.15) is 9.89 Å². The van der Waals surface area contributed by atoms with Crippen molar-refractivity contribution in [2.75, 3.05) is 5.43 Å². The van der Waals surface area contributed by atoms with Gasteiger partial charge in [0.25, 0.3) is 5.91 Å². The second kappa shape index (κ2) is 4.24. The fourth-order valence-corrected chi connectivity index (χ4v) is 1.29. The van der Waals surface area contributed by atoms with Gasteiger partial charge in [-0.3, -0.25) is 10.2 Å². The van der Waals surface area contributed by atoms with Gasteiger partial charge in [0.05, 0.1) is 23.6 Å². The van der Waals surface area contributed by atoms with Crippen LogP contribution in [0.3, 0.4) is 0 Å². The highest BCUT2D eigenvalue weighted by molar-refractivity contribution is 6.30. The van der Waals surface area contributed by atoms with Gasteiger partial charge < -0.3 is 5.73 Å². The molecule has 0 aliphatic rings. The van der Waals surface area contributed by atoms with E-state index in [9.17, 15) is 4.79 Å². The van der Waals surface area contributed by atoms with E-state index in [0.29, 0.717) is 10.6 Å². The molecule has 0 saturated heterocycles. The lowest BCUT2D eigenvalue weighted by Gasteiger charge is -2.04. The lowest BCUT2D eigenvalue weighted by molar-refractivity contribution is 0.100. The zero-order valence-electron chi connectivity index (χ0n) is 8.22. The predicted molar refractivity (Wildman–Crippen MR) is 61.2 cm³/mol. The van der Waals surface area contributed by atoms with Gasteiger partial charge in [0, 0.05) is 5.02 Å². The van der Waals surface area contributed by atoms with Crippen LogP contribution < -0.4 is 11.2 Å². The summed E-state index contributed by atoms with van der Waals surface area (Å²) in [5.41, 5.74) is 9.21. The molecular weight excluding hydrogens is 228 g/mol. The van der Waals surface area contributed by atoms with E-state index < -0.39 is 5.91 Å². The van der Waals surface area contributed by atoms with E-state index in [0.717, 1.165) is 5.69 Å². The number of nitrogens with two attached hydrogens (primary N) is 1. The fourth-order valence-electron chi connectivity index (χ4n) is 1.17. The molecule has 2 rings (SSSR count). The molecule has 5 nitrogen and oxygen atoms in total. The van der Waals surface area contributed by atoms with Crippen LogP contribution in [0.5, 0.6) is 0 Å². The number of primary amides is 1. The normalized spacial score (nSPS) is 10.1. The Bertz CT molecular complexity index is 506. The van der Waals surface area contributed by atoms with Gasteiger partial charge in [-0.1, -0.05) is 11.6 Å². The zero-order valence-corrected chi connectivity index (χ0v) is 8.98.